The number of nitro groups is 1. The summed E-state index contributed by atoms with van der Waals surface area (Å²) >= 11 is 0. The van der Waals surface area contributed by atoms with Gasteiger partial charge in [-0.05, 0) is 37.1 Å². The Bertz CT molecular complexity index is 833. The van der Waals surface area contributed by atoms with Crippen LogP contribution in [-0.4, -0.2) is 28.8 Å². The molecule has 8 nitrogen and oxygen atoms in total. The van der Waals surface area contributed by atoms with Crippen molar-refractivity contribution in [3.8, 4) is 11.5 Å². The summed E-state index contributed by atoms with van der Waals surface area (Å²) in [4.78, 5) is 21.8. The number of nitro benzene ring substituents is 1. The lowest BCUT2D eigenvalue weighted by Gasteiger charge is -2.08. The van der Waals surface area contributed by atoms with Crippen LogP contribution >= 0.6 is 0 Å². The number of carbonyl (C=O) groups excluding carboxylic acids is 1. The number of phenolic OH excluding ortho intramolecular Hbond substituents is 1. The number of rotatable bonds is 6. The van der Waals surface area contributed by atoms with Crippen molar-refractivity contribution < 1.29 is 19.6 Å². The zero-order valence-electron chi connectivity index (χ0n) is 13.7. The molecule has 2 N–H and O–H groups in total. The lowest BCUT2D eigenvalue weighted by molar-refractivity contribution is -0.385. The first-order valence-corrected chi connectivity index (χ1v) is 7.37. The molecule has 0 saturated heterocycles. The third-order valence-electron chi connectivity index (χ3n) is 3.34. The number of carbonyl (C=O) groups is 1. The zero-order valence-corrected chi connectivity index (χ0v) is 13.7. The second kappa shape index (κ2) is 7.91. The number of para-hydroxylation sites is 1. The average Bonchev–Trinajstić information content (AvgIpc) is 2.57. The summed E-state index contributed by atoms with van der Waals surface area (Å²) in [6, 6.07) is 9.68. The Morgan fingerprint density at radius 2 is 2.12 bits per heavy atom. The minimum Gasteiger partial charge on any atom is -0.502 e. The molecule has 0 saturated carbocycles. The van der Waals surface area contributed by atoms with Gasteiger partial charge in [-0.25, -0.2) is 5.43 Å². The molecule has 0 aliphatic rings. The van der Waals surface area contributed by atoms with Gasteiger partial charge in [-0.2, -0.15) is 5.10 Å². The first-order chi connectivity index (χ1) is 11.9. The molecule has 130 valence electrons. The maximum Gasteiger partial charge on any atom is 0.311 e. The van der Waals surface area contributed by atoms with Crippen LogP contribution in [-0.2, 0) is 4.79 Å². The van der Waals surface area contributed by atoms with Gasteiger partial charge < -0.3 is 9.84 Å². The summed E-state index contributed by atoms with van der Waals surface area (Å²) in [7, 11) is 0. The second-order valence-electron chi connectivity index (χ2n) is 5.32. The lowest BCUT2D eigenvalue weighted by Crippen LogP contribution is -2.24. The highest BCUT2D eigenvalue weighted by molar-refractivity contribution is 5.87. The molecule has 0 unspecified atom stereocenters. The highest BCUT2D eigenvalue weighted by atomic mass is 16.6. The van der Waals surface area contributed by atoms with E-state index in [2.05, 4.69) is 10.5 Å². The van der Waals surface area contributed by atoms with Crippen LogP contribution in [0.5, 0.6) is 11.5 Å². The van der Waals surface area contributed by atoms with Crippen LogP contribution in [0, 0.1) is 24.0 Å². The number of nitrogens with one attached hydrogen (secondary N) is 1. The Balaban J connectivity index is 1.94. The van der Waals surface area contributed by atoms with Crippen molar-refractivity contribution in [1.82, 2.24) is 5.43 Å². The minimum atomic E-state index is -0.705. The molecule has 0 spiro atoms. The fourth-order valence-electron chi connectivity index (χ4n) is 2.01. The molecule has 0 aromatic heterocycles. The van der Waals surface area contributed by atoms with Gasteiger partial charge >= 0.3 is 5.69 Å². The number of ether oxygens (including phenoxy) is 1. The van der Waals surface area contributed by atoms with E-state index in [-0.39, 0.29) is 12.2 Å². The smallest absolute Gasteiger partial charge is 0.311 e. The molecule has 25 heavy (non-hydrogen) atoms. The van der Waals surface area contributed by atoms with Gasteiger partial charge in [0.25, 0.3) is 5.91 Å². The number of nitrogens with zero attached hydrogens (tertiary/aromatic N) is 2. The number of aromatic hydroxyl groups is 1. The van der Waals surface area contributed by atoms with Crippen molar-refractivity contribution in [3.63, 3.8) is 0 Å². The van der Waals surface area contributed by atoms with E-state index in [4.69, 9.17) is 4.74 Å². The van der Waals surface area contributed by atoms with Crippen LogP contribution in [0.1, 0.15) is 16.7 Å². The molecule has 2 aromatic carbocycles. The van der Waals surface area contributed by atoms with E-state index in [9.17, 15) is 20.0 Å². The number of hydrogen-bond donors (Lipinski definition) is 2. The third-order valence-corrected chi connectivity index (χ3v) is 3.34. The molecule has 0 aliphatic carbocycles. The molecule has 0 atom stereocenters. The number of hydrazone groups is 1. The van der Waals surface area contributed by atoms with E-state index in [1.165, 1.54) is 18.2 Å². The van der Waals surface area contributed by atoms with Gasteiger partial charge in [0.1, 0.15) is 5.75 Å². The number of hydrogen-bond acceptors (Lipinski definition) is 6. The van der Waals surface area contributed by atoms with Crippen LogP contribution in [0.2, 0.25) is 0 Å². The second-order valence-corrected chi connectivity index (χ2v) is 5.32. The Morgan fingerprint density at radius 1 is 1.36 bits per heavy atom. The Labute approximate surface area is 143 Å². The van der Waals surface area contributed by atoms with Gasteiger partial charge in [-0.3, -0.25) is 14.9 Å². The van der Waals surface area contributed by atoms with Crippen molar-refractivity contribution in [2.24, 2.45) is 5.10 Å². The fourth-order valence-corrected chi connectivity index (χ4v) is 2.01. The number of amides is 1. The van der Waals surface area contributed by atoms with Crippen molar-refractivity contribution in [2.75, 3.05) is 6.61 Å². The van der Waals surface area contributed by atoms with Crippen LogP contribution in [0.25, 0.3) is 0 Å². The zero-order chi connectivity index (χ0) is 18.4. The van der Waals surface area contributed by atoms with E-state index in [0.29, 0.717) is 5.75 Å². The predicted molar refractivity (Wildman–Crippen MR) is 91.9 cm³/mol. The quantitative estimate of drug-likeness (QED) is 0.475. The van der Waals surface area contributed by atoms with Gasteiger partial charge in [-0.15, -0.1) is 0 Å². The third kappa shape index (κ3) is 4.77. The largest absolute Gasteiger partial charge is 0.502 e. The molecule has 0 radical (unpaired) electrons. The highest BCUT2D eigenvalue weighted by Gasteiger charge is 2.15. The van der Waals surface area contributed by atoms with E-state index in [1.54, 1.807) is 0 Å². The van der Waals surface area contributed by atoms with Crippen molar-refractivity contribution in [3.05, 3.63) is 63.2 Å². The summed E-state index contributed by atoms with van der Waals surface area (Å²) in [6.45, 7) is 3.56. The normalized spacial score (nSPS) is 10.6. The molecule has 0 fully saturated rings. The molecule has 8 heteroatoms. The van der Waals surface area contributed by atoms with Crippen molar-refractivity contribution in [1.29, 1.82) is 0 Å². The summed E-state index contributed by atoms with van der Waals surface area (Å²) in [6.07, 6.45) is 1.12. The van der Waals surface area contributed by atoms with E-state index in [1.807, 2.05) is 32.0 Å². The van der Waals surface area contributed by atoms with Crippen LogP contribution in [0.4, 0.5) is 5.69 Å². The average molecular weight is 343 g/mol. The van der Waals surface area contributed by atoms with Gasteiger partial charge in [-0.1, -0.05) is 18.2 Å². The van der Waals surface area contributed by atoms with E-state index >= 15 is 0 Å². The topological polar surface area (TPSA) is 114 Å². The predicted octanol–water partition coefficient (Wildman–Crippen LogP) is 2.45. The monoisotopic (exact) mass is 343 g/mol. The highest BCUT2D eigenvalue weighted by Crippen LogP contribution is 2.27. The molecule has 0 aliphatic heterocycles. The first kappa shape index (κ1) is 17.9. The molecular weight excluding hydrogens is 326 g/mol. The fraction of sp³-hybridized carbons (Fsp3) is 0.176. The Morgan fingerprint density at radius 3 is 2.84 bits per heavy atom. The lowest BCUT2D eigenvalue weighted by atomic mass is 10.1. The molecule has 2 aromatic rings. The van der Waals surface area contributed by atoms with Gasteiger partial charge in [0, 0.05) is 11.6 Å². The summed E-state index contributed by atoms with van der Waals surface area (Å²) in [5.74, 6) is -0.408. The minimum absolute atomic E-state index is 0.116. The van der Waals surface area contributed by atoms with Gasteiger partial charge in [0.05, 0.1) is 11.1 Å². The number of benzene rings is 2. The Hall–Kier alpha value is -3.42. The van der Waals surface area contributed by atoms with E-state index < -0.39 is 22.3 Å². The SMILES string of the molecule is Cc1ccc(C)c(OCC(=O)NN=Cc2cccc([N+](=O)[O-])c2O)c1. The molecule has 0 bridgehead atoms. The van der Waals surface area contributed by atoms with Crippen molar-refractivity contribution in [2.45, 2.75) is 13.8 Å². The number of aryl methyl sites for hydroxylation is 2. The van der Waals surface area contributed by atoms with Crippen LogP contribution < -0.4 is 10.2 Å². The number of phenols is 1. The van der Waals surface area contributed by atoms with Crippen LogP contribution in [0.3, 0.4) is 0 Å². The maximum atomic E-state index is 11.7. The van der Waals surface area contributed by atoms with Crippen molar-refractivity contribution >= 4 is 17.8 Å². The summed E-state index contributed by atoms with van der Waals surface area (Å²) < 4.78 is 5.43. The molecule has 2 rings (SSSR count). The maximum absolute atomic E-state index is 11.7. The first-order valence-electron chi connectivity index (χ1n) is 7.37. The summed E-state index contributed by atoms with van der Waals surface area (Å²) in [5, 5.41) is 24.2. The van der Waals surface area contributed by atoms with Gasteiger partial charge in [0.15, 0.2) is 6.61 Å². The standard InChI is InChI=1S/C17H17N3O5/c1-11-6-7-12(2)15(8-11)25-10-16(21)19-18-9-13-4-3-5-14(17(13)22)20(23)24/h3-9,22H,10H2,1-2H3,(H,19,21). The van der Waals surface area contributed by atoms with E-state index in [0.717, 1.165) is 17.3 Å². The Kier molecular flexibility index (Phi) is 5.67. The van der Waals surface area contributed by atoms with Crippen LogP contribution in [0.15, 0.2) is 41.5 Å². The summed E-state index contributed by atoms with van der Waals surface area (Å²) in [5.41, 5.74) is 3.84. The van der Waals surface area contributed by atoms with Gasteiger partial charge in [0.2, 0.25) is 5.75 Å². The molecule has 1 amide bonds. The molecule has 0 heterocycles. The molecular formula is C17H17N3O5.